The number of nitrogens with one attached hydrogen (secondary N) is 1. The van der Waals surface area contributed by atoms with Crippen molar-refractivity contribution in [2.75, 3.05) is 11.9 Å². The van der Waals surface area contributed by atoms with Gasteiger partial charge in [-0.1, -0.05) is 13.0 Å². The standard InChI is InChI=1S/C14H20N2O4S/c1-3-12-11(6-7-20-12)14(17)16-10-5-4-9(2)13(8-10)21(15,18)19/h4-5,8,11-12H,3,6-7H2,1-2H3,(H,16,17)(H2,15,18,19). The van der Waals surface area contributed by atoms with Crippen LogP contribution >= 0.6 is 0 Å². The number of hydrogen-bond acceptors (Lipinski definition) is 4. The van der Waals surface area contributed by atoms with E-state index in [9.17, 15) is 13.2 Å². The largest absolute Gasteiger partial charge is 0.377 e. The Labute approximate surface area is 124 Å². The first-order chi connectivity index (χ1) is 9.82. The van der Waals surface area contributed by atoms with Gasteiger partial charge in [-0.15, -0.1) is 0 Å². The molecule has 0 saturated carbocycles. The zero-order chi connectivity index (χ0) is 15.6. The van der Waals surface area contributed by atoms with Gasteiger partial charge < -0.3 is 10.1 Å². The van der Waals surface area contributed by atoms with E-state index >= 15 is 0 Å². The van der Waals surface area contributed by atoms with E-state index < -0.39 is 10.0 Å². The maximum atomic E-state index is 12.3. The lowest BCUT2D eigenvalue weighted by atomic mass is 9.98. The van der Waals surface area contributed by atoms with Crippen LogP contribution in [0, 0.1) is 12.8 Å². The number of ether oxygens (including phenoxy) is 1. The Morgan fingerprint density at radius 1 is 1.48 bits per heavy atom. The molecule has 2 unspecified atom stereocenters. The molecule has 1 aromatic carbocycles. The van der Waals surface area contributed by atoms with Crippen molar-refractivity contribution in [2.45, 2.75) is 37.7 Å². The average Bonchev–Trinajstić information content (AvgIpc) is 2.88. The van der Waals surface area contributed by atoms with Crippen LogP contribution in [-0.2, 0) is 19.6 Å². The number of aryl methyl sites for hydroxylation is 1. The number of rotatable bonds is 4. The second-order valence-electron chi connectivity index (χ2n) is 5.23. The topological polar surface area (TPSA) is 98.5 Å². The lowest BCUT2D eigenvalue weighted by Crippen LogP contribution is -2.29. The van der Waals surface area contributed by atoms with Gasteiger partial charge >= 0.3 is 0 Å². The molecule has 1 amide bonds. The molecule has 1 aliphatic heterocycles. The van der Waals surface area contributed by atoms with Crippen molar-refractivity contribution >= 4 is 21.6 Å². The van der Waals surface area contributed by atoms with Crippen LogP contribution in [0.4, 0.5) is 5.69 Å². The van der Waals surface area contributed by atoms with Crippen molar-refractivity contribution in [2.24, 2.45) is 11.1 Å². The second-order valence-corrected chi connectivity index (χ2v) is 6.76. The molecule has 0 aromatic heterocycles. The zero-order valence-electron chi connectivity index (χ0n) is 12.1. The molecule has 21 heavy (non-hydrogen) atoms. The molecule has 7 heteroatoms. The average molecular weight is 312 g/mol. The van der Waals surface area contributed by atoms with Crippen LogP contribution in [0.5, 0.6) is 0 Å². The molecular formula is C14H20N2O4S. The Morgan fingerprint density at radius 2 is 2.19 bits per heavy atom. The summed E-state index contributed by atoms with van der Waals surface area (Å²) in [7, 11) is -3.80. The minimum atomic E-state index is -3.80. The molecule has 1 saturated heterocycles. The molecule has 1 fully saturated rings. The van der Waals surface area contributed by atoms with Gasteiger partial charge in [-0.2, -0.15) is 0 Å². The van der Waals surface area contributed by atoms with Crippen molar-refractivity contribution in [1.82, 2.24) is 0 Å². The summed E-state index contributed by atoms with van der Waals surface area (Å²) in [6, 6.07) is 4.68. The van der Waals surface area contributed by atoms with Crippen molar-refractivity contribution in [3.63, 3.8) is 0 Å². The summed E-state index contributed by atoms with van der Waals surface area (Å²) < 4.78 is 28.5. The van der Waals surface area contributed by atoms with E-state index in [1.54, 1.807) is 19.1 Å². The lowest BCUT2D eigenvalue weighted by molar-refractivity contribution is -0.121. The first kappa shape index (κ1) is 15.9. The number of nitrogens with two attached hydrogens (primary N) is 1. The highest BCUT2D eigenvalue weighted by atomic mass is 32.2. The van der Waals surface area contributed by atoms with Crippen LogP contribution in [0.2, 0.25) is 0 Å². The van der Waals surface area contributed by atoms with Crippen LogP contribution in [-0.4, -0.2) is 27.0 Å². The van der Waals surface area contributed by atoms with Crippen molar-refractivity contribution in [1.29, 1.82) is 0 Å². The molecule has 0 aliphatic carbocycles. The molecule has 1 aromatic rings. The predicted octanol–water partition coefficient (Wildman–Crippen LogP) is 1.40. The van der Waals surface area contributed by atoms with Crippen molar-refractivity contribution < 1.29 is 17.9 Å². The smallest absolute Gasteiger partial charge is 0.238 e. The number of hydrogen-bond donors (Lipinski definition) is 2. The molecule has 0 radical (unpaired) electrons. The monoisotopic (exact) mass is 312 g/mol. The molecule has 1 aliphatic rings. The molecule has 6 nitrogen and oxygen atoms in total. The Morgan fingerprint density at radius 3 is 2.81 bits per heavy atom. The summed E-state index contributed by atoms with van der Waals surface area (Å²) in [6.07, 6.45) is 1.38. The van der Waals surface area contributed by atoms with Gasteiger partial charge in [0, 0.05) is 12.3 Å². The molecular weight excluding hydrogens is 292 g/mol. The van der Waals surface area contributed by atoms with Gasteiger partial charge in [0.15, 0.2) is 0 Å². The summed E-state index contributed by atoms with van der Waals surface area (Å²) in [5.74, 6) is -0.349. The number of amides is 1. The maximum absolute atomic E-state index is 12.3. The maximum Gasteiger partial charge on any atom is 0.238 e. The Kier molecular flexibility index (Phi) is 4.65. The first-order valence-electron chi connectivity index (χ1n) is 6.89. The van der Waals surface area contributed by atoms with E-state index in [0.29, 0.717) is 24.3 Å². The van der Waals surface area contributed by atoms with Crippen LogP contribution in [0.15, 0.2) is 23.1 Å². The zero-order valence-corrected chi connectivity index (χ0v) is 12.9. The van der Waals surface area contributed by atoms with E-state index in [-0.39, 0.29) is 22.8 Å². The fourth-order valence-corrected chi connectivity index (χ4v) is 3.38. The van der Waals surface area contributed by atoms with Crippen LogP contribution in [0.1, 0.15) is 25.3 Å². The van der Waals surface area contributed by atoms with Crippen LogP contribution in [0.25, 0.3) is 0 Å². The Bertz CT molecular complexity index is 642. The second kappa shape index (κ2) is 6.13. The summed E-state index contributed by atoms with van der Waals surface area (Å²) in [5, 5.41) is 7.91. The number of carbonyl (C=O) groups excluding carboxylic acids is 1. The highest BCUT2D eigenvalue weighted by molar-refractivity contribution is 7.89. The third-order valence-corrected chi connectivity index (χ3v) is 4.76. The minimum absolute atomic E-state index is 0.0232. The van der Waals surface area contributed by atoms with Gasteiger partial charge in [0.05, 0.1) is 16.9 Å². The number of primary sulfonamides is 1. The van der Waals surface area contributed by atoms with Gasteiger partial charge in [0.1, 0.15) is 0 Å². The summed E-state index contributed by atoms with van der Waals surface area (Å²) >= 11 is 0. The molecule has 2 rings (SSSR count). The highest BCUT2D eigenvalue weighted by Crippen LogP contribution is 2.26. The lowest BCUT2D eigenvalue weighted by Gasteiger charge is -2.17. The first-order valence-corrected chi connectivity index (χ1v) is 8.43. The van der Waals surface area contributed by atoms with E-state index in [1.165, 1.54) is 6.07 Å². The van der Waals surface area contributed by atoms with Gasteiger partial charge in [0.2, 0.25) is 15.9 Å². The van der Waals surface area contributed by atoms with E-state index in [2.05, 4.69) is 5.32 Å². The number of anilines is 1. The van der Waals surface area contributed by atoms with Gasteiger partial charge in [-0.3, -0.25) is 4.79 Å². The van der Waals surface area contributed by atoms with Crippen LogP contribution < -0.4 is 10.5 Å². The van der Waals surface area contributed by atoms with Crippen molar-refractivity contribution in [3.8, 4) is 0 Å². The number of benzene rings is 1. The number of carbonyl (C=O) groups is 1. The van der Waals surface area contributed by atoms with E-state index in [0.717, 1.165) is 6.42 Å². The third kappa shape index (κ3) is 3.61. The molecule has 116 valence electrons. The van der Waals surface area contributed by atoms with Gasteiger partial charge in [-0.25, -0.2) is 13.6 Å². The molecule has 0 spiro atoms. The summed E-state index contributed by atoms with van der Waals surface area (Å²) in [4.78, 5) is 12.3. The molecule has 0 bridgehead atoms. The van der Waals surface area contributed by atoms with E-state index in [1.807, 2.05) is 6.92 Å². The summed E-state index contributed by atoms with van der Waals surface area (Å²) in [5.41, 5.74) is 0.975. The highest BCUT2D eigenvalue weighted by Gasteiger charge is 2.32. The fraction of sp³-hybridized carbons (Fsp3) is 0.500. The number of sulfonamides is 1. The van der Waals surface area contributed by atoms with Crippen LogP contribution in [0.3, 0.4) is 0 Å². The predicted molar refractivity (Wildman–Crippen MR) is 79.3 cm³/mol. The molecule has 1 heterocycles. The quantitative estimate of drug-likeness (QED) is 0.877. The Hall–Kier alpha value is -1.44. The third-order valence-electron chi connectivity index (χ3n) is 3.71. The molecule has 3 N–H and O–H groups in total. The van der Waals surface area contributed by atoms with Gasteiger partial charge in [-0.05, 0) is 37.5 Å². The normalized spacial score (nSPS) is 22.2. The summed E-state index contributed by atoms with van der Waals surface area (Å²) in [6.45, 7) is 4.21. The van der Waals surface area contributed by atoms with Crippen molar-refractivity contribution in [3.05, 3.63) is 23.8 Å². The minimum Gasteiger partial charge on any atom is -0.377 e. The van der Waals surface area contributed by atoms with Gasteiger partial charge in [0.25, 0.3) is 0 Å². The van der Waals surface area contributed by atoms with E-state index in [4.69, 9.17) is 9.88 Å². The molecule has 2 atom stereocenters. The SMILES string of the molecule is CCC1OCCC1C(=O)Nc1ccc(C)c(S(N)(=O)=O)c1. The Balaban J connectivity index is 2.19. The fourth-order valence-electron chi connectivity index (χ4n) is 2.57.